The van der Waals surface area contributed by atoms with Crippen LogP contribution in [-0.4, -0.2) is 0 Å². The highest BCUT2D eigenvalue weighted by Gasteiger charge is 2.26. The minimum atomic E-state index is 0.652. The molecule has 20 heavy (non-hydrogen) atoms. The highest BCUT2D eigenvalue weighted by molar-refractivity contribution is 9.10. The summed E-state index contributed by atoms with van der Waals surface area (Å²) in [4.78, 5) is 0. The summed E-state index contributed by atoms with van der Waals surface area (Å²) < 4.78 is 1.26. The summed E-state index contributed by atoms with van der Waals surface area (Å²) in [6.07, 6.45) is 3.69. The zero-order valence-electron chi connectivity index (χ0n) is 12.2. The van der Waals surface area contributed by atoms with Crippen LogP contribution < -0.4 is 0 Å². The SMILES string of the molecule is Cc1ccc(C[C@H]2c3ccccc3CCC2C)c(Br)c1. The van der Waals surface area contributed by atoms with E-state index in [9.17, 15) is 0 Å². The van der Waals surface area contributed by atoms with Crippen LogP contribution >= 0.6 is 15.9 Å². The van der Waals surface area contributed by atoms with Crippen molar-refractivity contribution >= 4 is 15.9 Å². The van der Waals surface area contributed by atoms with Crippen LogP contribution in [0.3, 0.4) is 0 Å². The summed E-state index contributed by atoms with van der Waals surface area (Å²) in [6.45, 7) is 4.55. The molecule has 0 saturated carbocycles. The van der Waals surface area contributed by atoms with E-state index >= 15 is 0 Å². The fourth-order valence-electron chi connectivity index (χ4n) is 3.38. The zero-order valence-corrected chi connectivity index (χ0v) is 13.8. The van der Waals surface area contributed by atoms with E-state index in [1.165, 1.54) is 28.4 Å². The van der Waals surface area contributed by atoms with Crippen LogP contribution in [0.4, 0.5) is 0 Å². The van der Waals surface area contributed by atoms with Crippen molar-refractivity contribution < 1.29 is 0 Å². The molecule has 0 saturated heterocycles. The first-order valence-electron chi connectivity index (χ1n) is 7.48. The molecule has 0 nitrogen and oxygen atoms in total. The number of fused-ring (bicyclic) bond motifs is 1. The molecule has 0 spiro atoms. The largest absolute Gasteiger partial charge is 0.0620 e. The lowest BCUT2D eigenvalue weighted by atomic mass is 9.73. The Morgan fingerprint density at radius 3 is 2.75 bits per heavy atom. The van der Waals surface area contributed by atoms with E-state index in [4.69, 9.17) is 0 Å². The van der Waals surface area contributed by atoms with Crippen molar-refractivity contribution in [3.05, 3.63) is 69.2 Å². The third-order valence-corrected chi connectivity index (χ3v) is 5.40. The van der Waals surface area contributed by atoms with E-state index in [0.717, 1.165) is 12.3 Å². The number of hydrogen-bond donors (Lipinski definition) is 0. The number of halogens is 1. The van der Waals surface area contributed by atoms with Crippen LogP contribution in [0.25, 0.3) is 0 Å². The Hall–Kier alpha value is -1.08. The van der Waals surface area contributed by atoms with Crippen LogP contribution in [0.1, 0.15) is 41.5 Å². The first-order chi connectivity index (χ1) is 9.65. The van der Waals surface area contributed by atoms with E-state index in [1.807, 2.05) is 0 Å². The van der Waals surface area contributed by atoms with Crippen molar-refractivity contribution in [1.29, 1.82) is 0 Å². The number of rotatable bonds is 2. The summed E-state index contributed by atoms with van der Waals surface area (Å²) in [6, 6.07) is 15.7. The van der Waals surface area contributed by atoms with E-state index in [0.29, 0.717) is 5.92 Å². The first kappa shape index (κ1) is 13.9. The quantitative estimate of drug-likeness (QED) is 0.666. The fraction of sp³-hybridized carbons (Fsp3) is 0.368. The highest BCUT2D eigenvalue weighted by atomic mass is 79.9. The molecule has 2 aromatic rings. The summed E-state index contributed by atoms with van der Waals surface area (Å²) >= 11 is 3.73. The van der Waals surface area contributed by atoms with E-state index in [-0.39, 0.29) is 0 Å². The van der Waals surface area contributed by atoms with Gasteiger partial charge in [0, 0.05) is 4.47 Å². The molecule has 0 heterocycles. The molecule has 1 heteroatoms. The zero-order chi connectivity index (χ0) is 14.1. The Kier molecular flexibility index (Phi) is 3.98. The van der Waals surface area contributed by atoms with Crippen molar-refractivity contribution in [2.24, 2.45) is 5.92 Å². The van der Waals surface area contributed by atoms with Crippen molar-refractivity contribution in [2.45, 2.75) is 39.0 Å². The monoisotopic (exact) mass is 328 g/mol. The van der Waals surface area contributed by atoms with Gasteiger partial charge in [-0.1, -0.05) is 59.3 Å². The second-order valence-corrected chi connectivity index (χ2v) is 6.97. The van der Waals surface area contributed by atoms with Crippen LogP contribution in [0.15, 0.2) is 46.9 Å². The van der Waals surface area contributed by atoms with Gasteiger partial charge in [-0.2, -0.15) is 0 Å². The second-order valence-electron chi connectivity index (χ2n) is 6.12. The maximum atomic E-state index is 3.73. The minimum Gasteiger partial charge on any atom is -0.0620 e. The van der Waals surface area contributed by atoms with E-state index in [1.54, 1.807) is 11.1 Å². The van der Waals surface area contributed by atoms with Crippen LogP contribution in [0.2, 0.25) is 0 Å². The van der Waals surface area contributed by atoms with Gasteiger partial charge >= 0.3 is 0 Å². The van der Waals surface area contributed by atoms with Gasteiger partial charge in [0.05, 0.1) is 0 Å². The fourth-order valence-corrected chi connectivity index (χ4v) is 4.04. The minimum absolute atomic E-state index is 0.652. The number of hydrogen-bond acceptors (Lipinski definition) is 0. The standard InChI is InChI=1S/C19H21Br/c1-13-7-9-16(19(20)11-13)12-18-14(2)8-10-15-5-3-4-6-17(15)18/h3-7,9,11,14,18H,8,10,12H2,1-2H3/t14?,18-/m1/s1. The van der Waals surface area contributed by atoms with Gasteiger partial charge in [-0.05, 0) is 66.3 Å². The molecular weight excluding hydrogens is 308 g/mol. The number of aryl methyl sites for hydroxylation is 2. The molecule has 1 aliphatic rings. The Balaban J connectivity index is 1.93. The topological polar surface area (TPSA) is 0 Å². The van der Waals surface area contributed by atoms with Gasteiger partial charge in [0.1, 0.15) is 0 Å². The molecule has 1 aliphatic carbocycles. The summed E-state index contributed by atoms with van der Waals surface area (Å²) in [7, 11) is 0. The maximum Gasteiger partial charge on any atom is 0.0210 e. The third-order valence-electron chi connectivity index (χ3n) is 4.66. The molecule has 1 unspecified atom stereocenters. The maximum absolute atomic E-state index is 3.73. The van der Waals surface area contributed by atoms with Gasteiger partial charge in [-0.15, -0.1) is 0 Å². The lowest BCUT2D eigenvalue weighted by molar-refractivity contribution is 0.400. The van der Waals surface area contributed by atoms with Crippen LogP contribution in [0.5, 0.6) is 0 Å². The van der Waals surface area contributed by atoms with Crippen LogP contribution in [-0.2, 0) is 12.8 Å². The van der Waals surface area contributed by atoms with Gasteiger partial charge in [-0.25, -0.2) is 0 Å². The van der Waals surface area contributed by atoms with Gasteiger partial charge in [0.2, 0.25) is 0 Å². The molecule has 104 valence electrons. The second kappa shape index (κ2) is 5.73. The summed E-state index contributed by atoms with van der Waals surface area (Å²) in [5, 5.41) is 0. The molecule has 2 atom stereocenters. The smallest absolute Gasteiger partial charge is 0.0210 e. The van der Waals surface area contributed by atoms with Gasteiger partial charge in [-0.3, -0.25) is 0 Å². The molecule has 2 aromatic carbocycles. The predicted molar refractivity (Wildman–Crippen MR) is 89.3 cm³/mol. The lowest BCUT2D eigenvalue weighted by Gasteiger charge is -2.32. The van der Waals surface area contributed by atoms with E-state index < -0.39 is 0 Å². The molecule has 0 radical (unpaired) electrons. The predicted octanol–water partition coefficient (Wildman–Crippen LogP) is 5.67. The van der Waals surface area contributed by atoms with Crippen LogP contribution in [0, 0.1) is 12.8 Å². The molecule has 0 aromatic heterocycles. The number of benzene rings is 2. The normalized spacial score (nSPS) is 21.6. The van der Waals surface area contributed by atoms with Gasteiger partial charge in [0.25, 0.3) is 0 Å². The lowest BCUT2D eigenvalue weighted by Crippen LogP contribution is -2.20. The molecule has 0 fully saturated rings. The molecule has 0 N–H and O–H groups in total. The highest BCUT2D eigenvalue weighted by Crippen LogP contribution is 2.39. The van der Waals surface area contributed by atoms with Crippen molar-refractivity contribution in [3.8, 4) is 0 Å². The molecule has 0 bridgehead atoms. The molecule has 0 aliphatic heterocycles. The Bertz CT molecular complexity index is 615. The Morgan fingerprint density at radius 1 is 1.15 bits per heavy atom. The Labute approximate surface area is 130 Å². The molecule has 3 rings (SSSR count). The Morgan fingerprint density at radius 2 is 1.95 bits per heavy atom. The third kappa shape index (κ3) is 2.69. The molecular formula is C19H21Br. The van der Waals surface area contributed by atoms with Gasteiger partial charge in [0.15, 0.2) is 0 Å². The first-order valence-corrected chi connectivity index (χ1v) is 8.27. The molecule has 0 amide bonds. The van der Waals surface area contributed by atoms with Crippen molar-refractivity contribution in [1.82, 2.24) is 0 Å². The average Bonchev–Trinajstić information content (AvgIpc) is 2.44. The average molecular weight is 329 g/mol. The van der Waals surface area contributed by atoms with E-state index in [2.05, 4.69) is 72.2 Å². The van der Waals surface area contributed by atoms with Crippen molar-refractivity contribution in [2.75, 3.05) is 0 Å². The summed E-state index contributed by atoms with van der Waals surface area (Å²) in [5.74, 6) is 1.41. The van der Waals surface area contributed by atoms with Crippen molar-refractivity contribution in [3.63, 3.8) is 0 Å². The summed E-state index contributed by atoms with van der Waals surface area (Å²) in [5.41, 5.74) is 5.87. The van der Waals surface area contributed by atoms with Gasteiger partial charge < -0.3 is 0 Å².